The molecule has 1 N–H and O–H groups in total. The lowest BCUT2D eigenvalue weighted by Gasteiger charge is -2.37. The van der Waals surface area contributed by atoms with E-state index < -0.39 is 0 Å². The molecule has 18 heavy (non-hydrogen) atoms. The summed E-state index contributed by atoms with van der Waals surface area (Å²) in [6, 6.07) is 0.815. The molecule has 0 spiro atoms. The molecule has 2 aliphatic carbocycles. The number of hydrogen-bond acceptors (Lipinski definition) is 1. The molecule has 0 aliphatic heterocycles. The van der Waals surface area contributed by atoms with Crippen molar-refractivity contribution in [3.8, 4) is 0 Å². The number of nitrogens with one attached hydrogen (secondary N) is 1. The summed E-state index contributed by atoms with van der Waals surface area (Å²) in [5.74, 6) is 3.96. The quantitative estimate of drug-likeness (QED) is 0.696. The van der Waals surface area contributed by atoms with Gasteiger partial charge < -0.3 is 5.32 Å². The van der Waals surface area contributed by atoms with Crippen LogP contribution in [-0.2, 0) is 0 Å². The van der Waals surface area contributed by atoms with Crippen molar-refractivity contribution in [3.63, 3.8) is 0 Å². The zero-order valence-corrected chi connectivity index (χ0v) is 12.8. The Labute approximate surface area is 114 Å². The van der Waals surface area contributed by atoms with Gasteiger partial charge in [0.15, 0.2) is 0 Å². The van der Waals surface area contributed by atoms with Crippen LogP contribution in [0.1, 0.15) is 72.1 Å². The Balaban J connectivity index is 1.87. The summed E-state index contributed by atoms with van der Waals surface area (Å²) in [4.78, 5) is 0. The van der Waals surface area contributed by atoms with Crippen LogP contribution in [0.25, 0.3) is 0 Å². The molecule has 0 aromatic rings. The van der Waals surface area contributed by atoms with Crippen LogP contribution < -0.4 is 5.32 Å². The Bertz CT molecular complexity index is 226. The van der Waals surface area contributed by atoms with Crippen LogP contribution in [0.3, 0.4) is 0 Å². The van der Waals surface area contributed by atoms with E-state index in [-0.39, 0.29) is 0 Å². The highest BCUT2D eigenvalue weighted by Gasteiger charge is 2.37. The Morgan fingerprint density at radius 1 is 0.944 bits per heavy atom. The fraction of sp³-hybridized carbons (Fsp3) is 1.00. The van der Waals surface area contributed by atoms with Crippen molar-refractivity contribution < 1.29 is 0 Å². The van der Waals surface area contributed by atoms with E-state index in [2.05, 4.69) is 26.1 Å². The van der Waals surface area contributed by atoms with Crippen LogP contribution in [0.4, 0.5) is 0 Å². The Kier molecular flexibility index (Phi) is 5.54. The first-order chi connectivity index (χ1) is 8.76. The molecule has 2 atom stereocenters. The van der Waals surface area contributed by atoms with E-state index in [0.29, 0.717) is 0 Å². The molecule has 1 heteroatoms. The molecule has 2 saturated carbocycles. The van der Waals surface area contributed by atoms with Gasteiger partial charge in [-0.2, -0.15) is 0 Å². The SMILES string of the molecule is CCCNC(C1CCC(CC)CC1)C(C)C1CC1. The van der Waals surface area contributed by atoms with Gasteiger partial charge >= 0.3 is 0 Å². The van der Waals surface area contributed by atoms with Gasteiger partial charge in [-0.25, -0.2) is 0 Å². The molecule has 0 amide bonds. The average Bonchev–Trinajstić information content (AvgIpc) is 3.24. The van der Waals surface area contributed by atoms with Crippen molar-refractivity contribution in [2.45, 2.75) is 78.2 Å². The highest BCUT2D eigenvalue weighted by Crippen LogP contribution is 2.43. The third kappa shape index (κ3) is 3.73. The summed E-state index contributed by atoms with van der Waals surface area (Å²) in [6.45, 7) is 8.39. The third-order valence-corrected chi connectivity index (χ3v) is 5.54. The van der Waals surface area contributed by atoms with Gasteiger partial charge in [-0.3, -0.25) is 0 Å². The molecule has 1 nitrogen and oxygen atoms in total. The predicted molar refractivity (Wildman–Crippen MR) is 79.7 cm³/mol. The van der Waals surface area contributed by atoms with Crippen LogP contribution in [0, 0.1) is 23.7 Å². The molecule has 0 bridgehead atoms. The summed E-state index contributed by atoms with van der Waals surface area (Å²) in [6.07, 6.45) is 11.6. The van der Waals surface area contributed by atoms with Gasteiger partial charge in [0, 0.05) is 6.04 Å². The van der Waals surface area contributed by atoms with Crippen LogP contribution in [0.5, 0.6) is 0 Å². The maximum atomic E-state index is 3.89. The summed E-state index contributed by atoms with van der Waals surface area (Å²) in [7, 11) is 0. The van der Waals surface area contributed by atoms with Crippen LogP contribution in [0.15, 0.2) is 0 Å². The highest BCUT2D eigenvalue weighted by molar-refractivity contribution is 4.91. The molecule has 2 rings (SSSR count). The van der Waals surface area contributed by atoms with E-state index >= 15 is 0 Å². The zero-order chi connectivity index (χ0) is 13.0. The molecule has 0 saturated heterocycles. The smallest absolute Gasteiger partial charge is 0.0124 e. The van der Waals surface area contributed by atoms with Crippen molar-refractivity contribution in [2.24, 2.45) is 23.7 Å². The van der Waals surface area contributed by atoms with Crippen molar-refractivity contribution >= 4 is 0 Å². The molecule has 0 radical (unpaired) electrons. The minimum Gasteiger partial charge on any atom is -0.313 e. The third-order valence-electron chi connectivity index (χ3n) is 5.54. The molecule has 2 unspecified atom stereocenters. The first-order valence-electron chi connectivity index (χ1n) is 8.49. The minimum absolute atomic E-state index is 0.815. The lowest BCUT2D eigenvalue weighted by atomic mass is 9.74. The molecular formula is C17H33N. The fourth-order valence-corrected chi connectivity index (χ4v) is 3.96. The monoisotopic (exact) mass is 251 g/mol. The Hall–Kier alpha value is -0.0400. The Morgan fingerprint density at radius 3 is 2.06 bits per heavy atom. The number of hydrogen-bond donors (Lipinski definition) is 1. The lowest BCUT2D eigenvalue weighted by molar-refractivity contribution is 0.172. The normalized spacial score (nSPS) is 32.2. The molecule has 0 aromatic carbocycles. The topological polar surface area (TPSA) is 12.0 Å². The van der Waals surface area contributed by atoms with E-state index in [9.17, 15) is 0 Å². The van der Waals surface area contributed by atoms with Crippen molar-refractivity contribution in [1.82, 2.24) is 5.32 Å². The first-order valence-corrected chi connectivity index (χ1v) is 8.49. The van der Waals surface area contributed by atoms with Crippen LogP contribution in [-0.4, -0.2) is 12.6 Å². The minimum atomic E-state index is 0.815. The second-order valence-electron chi connectivity index (χ2n) is 6.87. The molecule has 2 fully saturated rings. The van der Waals surface area contributed by atoms with E-state index in [1.165, 1.54) is 57.9 Å². The van der Waals surface area contributed by atoms with Gasteiger partial charge in [0.25, 0.3) is 0 Å². The van der Waals surface area contributed by atoms with E-state index in [4.69, 9.17) is 0 Å². The van der Waals surface area contributed by atoms with Gasteiger partial charge in [0.1, 0.15) is 0 Å². The largest absolute Gasteiger partial charge is 0.313 e. The van der Waals surface area contributed by atoms with Crippen LogP contribution >= 0.6 is 0 Å². The standard InChI is InChI=1S/C17H33N/c1-4-12-18-17(13(3)15-10-11-15)16-8-6-14(5-2)7-9-16/h13-18H,4-12H2,1-3H3. The summed E-state index contributed by atoms with van der Waals surface area (Å²) in [5, 5.41) is 3.89. The number of rotatable bonds is 7. The van der Waals surface area contributed by atoms with Gasteiger partial charge in [0.05, 0.1) is 0 Å². The second kappa shape index (κ2) is 6.93. The summed E-state index contributed by atoms with van der Waals surface area (Å²) < 4.78 is 0. The van der Waals surface area contributed by atoms with Crippen molar-refractivity contribution in [2.75, 3.05) is 6.54 Å². The average molecular weight is 251 g/mol. The van der Waals surface area contributed by atoms with Crippen molar-refractivity contribution in [3.05, 3.63) is 0 Å². The Morgan fingerprint density at radius 2 is 1.56 bits per heavy atom. The highest BCUT2D eigenvalue weighted by atomic mass is 14.9. The van der Waals surface area contributed by atoms with Crippen LogP contribution in [0.2, 0.25) is 0 Å². The van der Waals surface area contributed by atoms with Gasteiger partial charge in [0.2, 0.25) is 0 Å². The predicted octanol–water partition coefficient (Wildman–Crippen LogP) is 4.62. The van der Waals surface area contributed by atoms with Gasteiger partial charge in [-0.05, 0) is 62.3 Å². The van der Waals surface area contributed by atoms with E-state index in [1.807, 2.05) is 0 Å². The summed E-state index contributed by atoms with van der Waals surface area (Å²) in [5.41, 5.74) is 0. The van der Waals surface area contributed by atoms with Gasteiger partial charge in [-0.1, -0.05) is 40.0 Å². The van der Waals surface area contributed by atoms with E-state index in [1.54, 1.807) is 0 Å². The fourth-order valence-electron chi connectivity index (χ4n) is 3.96. The lowest BCUT2D eigenvalue weighted by Crippen LogP contribution is -2.43. The van der Waals surface area contributed by atoms with E-state index in [0.717, 1.165) is 29.7 Å². The molecule has 106 valence electrons. The summed E-state index contributed by atoms with van der Waals surface area (Å²) >= 11 is 0. The van der Waals surface area contributed by atoms with Gasteiger partial charge in [-0.15, -0.1) is 0 Å². The first kappa shape index (κ1) is 14.4. The molecular weight excluding hydrogens is 218 g/mol. The second-order valence-corrected chi connectivity index (χ2v) is 6.87. The zero-order valence-electron chi connectivity index (χ0n) is 12.8. The molecule has 2 aliphatic rings. The van der Waals surface area contributed by atoms with Crippen molar-refractivity contribution in [1.29, 1.82) is 0 Å². The maximum Gasteiger partial charge on any atom is 0.0124 e. The molecule has 0 heterocycles. The maximum absolute atomic E-state index is 3.89. The molecule has 0 aromatic heterocycles.